The highest BCUT2D eigenvalue weighted by atomic mass is 32.2. The third-order valence-corrected chi connectivity index (χ3v) is 6.40. The first-order valence-corrected chi connectivity index (χ1v) is 10.7. The summed E-state index contributed by atoms with van der Waals surface area (Å²) < 4.78 is 16.0. The van der Waals surface area contributed by atoms with Crippen LogP contribution in [0.5, 0.6) is 11.5 Å². The highest BCUT2D eigenvalue weighted by Crippen LogP contribution is 2.47. The van der Waals surface area contributed by atoms with Gasteiger partial charge in [0.05, 0.1) is 18.0 Å². The van der Waals surface area contributed by atoms with E-state index in [4.69, 9.17) is 14.2 Å². The van der Waals surface area contributed by atoms with Crippen LogP contribution in [-0.4, -0.2) is 65.7 Å². The number of hydrogen-bond acceptors (Lipinski definition) is 7. The summed E-state index contributed by atoms with van der Waals surface area (Å²) in [5.41, 5.74) is 0. The fourth-order valence-corrected chi connectivity index (χ4v) is 4.85. The van der Waals surface area contributed by atoms with Crippen LogP contribution >= 0.6 is 11.8 Å². The maximum Gasteiger partial charge on any atom is 0.330 e. The van der Waals surface area contributed by atoms with Crippen LogP contribution in [0, 0.1) is 0 Å². The molecule has 2 aliphatic heterocycles. The minimum absolute atomic E-state index is 0.0321. The van der Waals surface area contributed by atoms with E-state index >= 15 is 0 Å². The second kappa shape index (κ2) is 9.39. The van der Waals surface area contributed by atoms with Gasteiger partial charge in [-0.1, -0.05) is 0 Å². The van der Waals surface area contributed by atoms with E-state index in [1.165, 1.54) is 0 Å². The number of carbonyl (C=O) groups is 3. The molecule has 158 valence electrons. The van der Waals surface area contributed by atoms with Crippen LogP contribution in [0.15, 0.2) is 24.3 Å². The number of ether oxygens (including phenoxy) is 3. The van der Waals surface area contributed by atoms with Crippen LogP contribution in [0.2, 0.25) is 0 Å². The number of nitrogens with zero attached hydrogens (tertiary/aromatic N) is 1. The Morgan fingerprint density at radius 2 is 1.93 bits per heavy atom. The van der Waals surface area contributed by atoms with E-state index in [2.05, 4.69) is 5.32 Å². The van der Waals surface area contributed by atoms with Crippen molar-refractivity contribution in [2.24, 2.45) is 0 Å². The highest BCUT2D eigenvalue weighted by Gasteiger charge is 2.53. The molecule has 0 unspecified atom stereocenters. The molecule has 2 aliphatic rings. The molecule has 0 aliphatic carbocycles. The minimum Gasteiger partial charge on any atom is -0.494 e. The van der Waals surface area contributed by atoms with Gasteiger partial charge in [-0.3, -0.25) is 9.59 Å². The Morgan fingerprint density at radius 1 is 1.24 bits per heavy atom. The van der Waals surface area contributed by atoms with Crippen molar-refractivity contribution in [1.82, 2.24) is 10.2 Å². The normalized spacial score (nSPS) is 22.9. The zero-order valence-electron chi connectivity index (χ0n) is 16.6. The Hall–Kier alpha value is -2.42. The maximum absolute atomic E-state index is 12.3. The lowest BCUT2D eigenvalue weighted by atomic mass is 10.2. The number of amides is 2. The molecule has 0 bridgehead atoms. The van der Waals surface area contributed by atoms with Gasteiger partial charge in [-0.2, -0.15) is 0 Å². The first-order valence-electron chi connectivity index (χ1n) is 9.68. The maximum atomic E-state index is 12.3. The summed E-state index contributed by atoms with van der Waals surface area (Å²) >= 11 is 1.59. The first-order chi connectivity index (χ1) is 13.9. The lowest BCUT2D eigenvalue weighted by Gasteiger charge is -2.29. The average molecular weight is 423 g/mol. The molecule has 0 spiro atoms. The zero-order chi connectivity index (χ0) is 20.9. The van der Waals surface area contributed by atoms with E-state index in [-0.39, 0.29) is 30.5 Å². The quantitative estimate of drug-likeness (QED) is 0.477. The van der Waals surface area contributed by atoms with Crippen LogP contribution in [0.1, 0.15) is 26.7 Å². The molecule has 2 amide bonds. The van der Waals surface area contributed by atoms with Crippen LogP contribution in [-0.2, 0) is 19.1 Å². The zero-order valence-corrected chi connectivity index (χ0v) is 17.5. The smallest absolute Gasteiger partial charge is 0.330 e. The van der Waals surface area contributed by atoms with E-state index in [0.29, 0.717) is 24.5 Å². The lowest BCUT2D eigenvalue weighted by Crippen LogP contribution is -2.47. The van der Waals surface area contributed by atoms with Crippen molar-refractivity contribution in [3.05, 3.63) is 24.3 Å². The van der Waals surface area contributed by atoms with E-state index in [0.717, 1.165) is 12.2 Å². The fraction of sp³-hybridized carbons (Fsp3) is 0.550. The van der Waals surface area contributed by atoms with Crippen molar-refractivity contribution in [3.63, 3.8) is 0 Å². The predicted octanol–water partition coefficient (Wildman–Crippen LogP) is 1.58. The molecular formula is C20H26N2O6S. The third kappa shape index (κ3) is 5.14. The summed E-state index contributed by atoms with van der Waals surface area (Å²) in [6.45, 7) is 4.68. The summed E-state index contributed by atoms with van der Waals surface area (Å²) in [5, 5.41) is 2.64. The molecule has 2 fully saturated rings. The molecule has 1 aromatic carbocycles. The molecule has 9 heteroatoms. The summed E-state index contributed by atoms with van der Waals surface area (Å²) in [5.74, 6) is 0.971. The number of esters is 1. The largest absolute Gasteiger partial charge is 0.494 e. The molecule has 2 heterocycles. The van der Waals surface area contributed by atoms with E-state index < -0.39 is 17.9 Å². The van der Waals surface area contributed by atoms with Crippen LogP contribution in [0.3, 0.4) is 0 Å². The van der Waals surface area contributed by atoms with Gasteiger partial charge in [0.1, 0.15) is 24.1 Å². The Kier molecular flexibility index (Phi) is 6.89. The summed E-state index contributed by atoms with van der Waals surface area (Å²) in [7, 11) is 0. The molecule has 0 radical (unpaired) electrons. The SMILES string of the molecule is CCOc1ccc(OCCNC(=O)COC(=O)[C@@H]2CS[C@@]3(C)CCC(=O)N23)cc1. The molecule has 29 heavy (non-hydrogen) atoms. The highest BCUT2D eigenvalue weighted by molar-refractivity contribution is 8.01. The molecule has 2 saturated heterocycles. The third-order valence-electron chi connectivity index (χ3n) is 4.89. The summed E-state index contributed by atoms with van der Waals surface area (Å²) in [6, 6.07) is 6.60. The van der Waals surface area contributed by atoms with Gasteiger partial charge in [0.15, 0.2) is 6.61 Å². The molecule has 2 atom stereocenters. The number of hydrogen-bond donors (Lipinski definition) is 1. The molecule has 3 rings (SSSR count). The number of rotatable bonds is 9. The van der Waals surface area contributed by atoms with Crippen molar-refractivity contribution < 1.29 is 28.6 Å². The molecular weight excluding hydrogens is 396 g/mol. The molecule has 1 N–H and O–H groups in total. The van der Waals surface area contributed by atoms with E-state index in [1.807, 2.05) is 26.0 Å². The van der Waals surface area contributed by atoms with Gasteiger partial charge in [-0.15, -0.1) is 11.8 Å². The molecule has 0 saturated carbocycles. The predicted molar refractivity (Wildman–Crippen MR) is 108 cm³/mol. The topological polar surface area (TPSA) is 94.2 Å². The number of fused-ring (bicyclic) bond motifs is 1. The second-order valence-electron chi connectivity index (χ2n) is 6.98. The number of nitrogens with one attached hydrogen (secondary N) is 1. The van der Waals surface area contributed by atoms with Crippen LogP contribution in [0.4, 0.5) is 0 Å². The van der Waals surface area contributed by atoms with Gasteiger partial charge in [0.2, 0.25) is 5.91 Å². The van der Waals surface area contributed by atoms with Crippen molar-refractivity contribution in [1.29, 1.82) is 0 Å². The minimum atomic E-state index is -0.615. The molecule has 1 aromatic rings. The Balaban J connectivity index is 1.34. The Morgan fingerprint density at radius 3 is 2.62 bits per heavy atom. The Bertz CT molecular complexity index is 756. The Labute approximate surface area is 174 Å². The van der Waals surface area contributed by atoms with Gasteiger partial charge < -0.3 is 24.4 Å². The van der Waals surface area contributed by atoms with Gasteiger partial charge in [0, 0.05) is 12.2 Å². The van der Waals surface area contributed by atoms with Crippen LogP contribution < -0.4 is 14.8 Å². The molecule has 8 nitrogen and oxygen atoms in total. The van der Waals surface area contributed by atoms with Gasteiger partial charge in [0.25, 0.3) is 5.91 Å². The number of carbonyl (C=O) groups excluding carboxylic acids is 3. The average Bonchev–Trinajstić information content (AvgIpc) is 3.20. The van der Waals surface area contributed by atoms with Crippen molar-refractivity contribution in [3.8, 4) is 11.5 Å². The van der Waals surface area contributed by atoms with Gasteiger partial charge in [-0.05, 0) is 44.5 Å². The fourth-order valence-electron chi connectivity index (χ4n) is 3.44. The standard InChI is InChI=1S/C20H26N2O6S/c1-3-26-14-4-6-15(7-5-14)27-11-10-21-17(23)12-28-19(25)16-13-29-20(2)9-8-18(24)22(16)20/h4-7,16H,3,8-13H2,1-2H3,(H,21,23)/t16-,20-/m0/s1. The van der Waals surface area contributed by atoms with Gasteiger partial charge in [-0.25, -0.2) is 4.79 Å². The van der Waals surface area contributed by atoms with Crippen molar-refractivity contribution in [2.75, 3.05) is 32.1 Å². The summed E-state index contributed by atoms with van der Waals surface area (Å²) in [4.78, 5) is 37.6. The first kappa shape index (κ1) is 21.3. The monoisotopic (exact) mass is 422 g/mol. The number of benzene rings is 1. The van der Waals surface area contributed by atoms with Crippen LogP contribution in [0.25, 0.3) is 0 Å². The molecule has 0 aromatic heterocycles. The van der Waals surface area contributed by atoms with E-state index in [9.17, 15) is 14.4 Å². The lowest BCUT2D eigenvalue weighted by molar-refractivity contribution is -0.156. The van der Waals surface area contributed by atoms with Gasteiger partial charge >= 0.3 is 5.97 Å². The van der Waals surface area contributed by atoms with E-state index in [1.54, 1.807) is 28.8 Å². The second-order valence-corrected chi connectivity index (χ2v) is 8.48. The number of thioether (sulfide) groups is 1. The summed E-state index contributed by atoms with van der Waals surface area (Å²) in [6.07, 6.45) is 1.18. The van der Waals surface area contributed by atoms with Crippen molar-refractivity contribution in [2.45, 2.75) is 37.6 Å². The van der Waals surface area contributed by atoms with Crippen molar-refractivity contribution >= 4 is 29.5 Å².